The summed E-state index contributed by atoms with van der Waals surface area (Å²) in [4.78, 5) is 34.0. The Morgan fingerprint density at radius 2 is 1.76 bits per heavy atom. The predicted octanol–water partition coefficient (Wildman–Crippen LogP) is 5.61. The first-order chi connectivity index (χ1) is 19.9. The zero-order chi connectivity index (χ0) is 28.8. The van der Waals surface area contributed by atoms with Crippen molar-refractivity contribution in [2.45, 2.75) is 19.9 Å². The lowest BCUT2D eigenvalue weighted by Crippen LogP contribution is -2.13. The van der Waals surface area contributed by atoms with Crippen LogP contribution < -0.4 is 15.4 Å². The molecular weight excluding hydrogens is 516 g/mol. The molecule has 0 saturated heterocycles. The summed E-state index contributed by atoms with van der Waals surface area (Å²) < 4.78 is 5.63. The number of benzene rings is 2. The van der Waals surface area contributed by atoms with Crippen LogP contribution in [-0.4, -0.2) is 37.9 Å². The average Bonchev–Trinajstić information content (AvgIpc) is 3.01. The molecule has 3 heterocycles. The van der Waals surface area contributed by atoms with Crippen LogP contribution >= 0.6 is 0 Å². The molecule has 1 amide bonds. The molecular formula is C31H26N8O2. The Bertz CT molecular complexity index is 1750. The number of anilines is 2. The first-order valence-corrected chi connectivity index (χ1v) is 12.8. The Morgan fingerprint density at radius 3 is 2.51 bits per heavy atom. The van der Waals surface area contributed by atoms with Crippen molar-refractivity contribution in [1.29, 1.82) is 5.26 Å². The molecule has 5 aromatic rings. The third-order valence-electron chi connectivity index (χ3n) is 6.34. The van der Waals surface area contributed by atoms with Gasteiger partial charge in [0.25, 0.3) is 5.91 Å². The number of carbonyl (C=O) groups is 1. The minimum absolute atomic E-state index is 0.106. The van der Waals surface area contributed by atoms with Crippen molar-refractivity contribution < 1.29 is 9.53 Å². The van der Waals surface area contributed by atoms with E-state index in [4.69, 9.17) is 15.0 Å². The lowest BCUT2D eigenvalue weighted by atomic mass is 10.0. The van der Waals surface area contributed by atoms with Gasteiger partial charge in [-0.25, -0.2) is 15.0 Å². The number of nitriles is 1. The molecule has 0 fully saturated rings. The summed E-state index contributed by atoms with van der Waals surface area (Å²) in [5, 5.41) is 15.3. The Hall–Kier alpha value is -5.69. The average molecular weight is 543 g/mol. The molecule has 10 nitrogen and oxygen atoms in total. The van der Waals surface area contributed by atoms with E-state index in [0.717, 1.165) is 27.8 Å². The summed E-state index contributed by atoms with van der Waals surface area (Å²) in [5.74, 6) is 1.10. The van der Waals surface area contributed by atoms with E-state index in [9.17, 15) is 4.79 Å². The molecule has 0 bridgehead atoms. The molecule has 0 aliphatic rings. The molecule has 41 heavy (non-hydrogen) atoms. The standard InChI is InChI=1S/C31H26N8O2/c1-19-9-23(14-33-13-19)31(40)38-25-6-4-5-21(10-25)20(2)37-30-18-34-17-27(39-30)22-7-8-26(28(11-22)41-3)24-15-35-29(12-32)36-16-24/h4-11,13-18,20H,1-3H3,(H,37,39)(H,38,40). The van der Waals surface area contributed by atoms with Crippen molar-refractivity contribution in [1.82, 2.24) is 24.9 Å². The van der Waals surface area contributed by atoms with E-state index >= 15 is 0 Å². The van der Waals surface area contributed by atoms with Crippen molar-refractivity contribution >= 4 is 17.4 Å². The van der Waals surface area contributed by atoms with E-state index in [1.54, 1.807) is 50.4 Å². The molecule has 5 rings (SSSR count). The zero-order valence-corrected chi connectivity index (χ0v) is 22.7. The maximum atomic E-state index is 12.7. The van der Waals surface area contributed by atoms with Gasteiger partial charge in [0.05, 0.1) is 36.8 Å². The van der Waals surface area contributed by atoms with Crippen molar-refractivity contribution in [3.05, 3.63) is 108 Å². The number of methoxy groups -OCH3 is 1. The van der Waals surface area contributed by atoms with Crippen molar-refractivity contribution in [3.8, 4) is 34.2 Å². The molecule has 0 radical (unpaired) electrons. The molecule has 1 unspecified atom stereocenters. The molecule has 3 aromatic heterocycles. The number of pyridine rings is 1. The molecule has 0 saturated carbocycles. The second-order valence-electron chi connectivity index (χ2n) is 9.31. The fraction of sp³-hybridized carbons (Fsp3) is 0.129. The van der Waals surface area contributed by atoms with Gasteiger partial charge >= 0.3 is 0 Å². The highest BCUT2D eigenvalue weighted by Crippen LogP contribution is 2.33. The van der Waals surface area contributed by atoms with Crippen LogP contribution in [0.25, 0.3) is 22.4 Å². The molecule has 10 heteroatoms. The first kappa shape index (κ1) is 26.9. The second kappa shape index (κ2) is 12.0. The Kier molecular flexibility index (Phi) is 7.88. The number of hydrogen-bond donors (Lipinski definition) is 2. The summed E-state index contributed by atoms with van der Waals surface area (Å²) in [5.41, 5.74) is 6.08. The monoisotopic (exact) mass is 542 g/mol. The highest BCUT2D eigenvalue weighted by atomic mass is 16.5. The van der Waals surface area contributed by atoms with E-state index < -0.39 is 0 Å². The molecule has 2 aromatic carbocycles. The van der Waals surface area contributed by atoms with E-state index in [-0.39, 0.29) is 17.8 Å². The topological polar surface area (TPSA) is 139 Å². The number of hydrogen-bond acceptors (Lipinski definition) is 9. The van der Waals surface area contributed by atoms with Gasteiger partial charge in [-0.05, 0) is 55.3 Å². The summed E-state index contributed by atoms with van der Waals surface area (Å²) >= 11 is 0. The van der Waals surface area contributed by atoms with Crippen LogP contribution in [-0.2, 0) is 0 Å². The Balaban J connectivity index is 1.32. The minimum Gasteiger partial charge on any atom is -0.496 e. The lowest BCUT2D eigenvalue weighted by molar-refractivity contribution is 0.102. The number of nitrogens with zero attached hydrogens (tertiary/aromatic N) is 6. The van der Waals surface area contributed by atoms with Gasteiger partial charge in [-0.3, -0.25) is 14.8 Å². The molecule has 0 aliphatic heterocycles. The maximum absolute atomic E-state index is 12.7. The summed E-state index contributed by atoms with van der Waals surface area (Å²) in [7, 11) is 1.59. The van der Waals surface area contributed by atoms with E-state index in [0.29, 0.717) is 28.5 Å². The fourth-order valence-electron chi connectivity index (χ4n) is 4.26. The fourth-order valence-corrected chi connectivity index (χ4v) is 4.26. The van der Waals surface area contributed by atoms with Crippen molar-refractivity contribution in [3.63, 3.8) is 0 Å². The van der Waals surface area contributed by atoms with E-state index in [2.05, 4.69) is 30.6 Å². The highest BCUT2D eigenvalue weighted by Gasteiger charge is 2.13. The Labute approximate surface area is 237 Å². The van der Waals surface area contributed by atoms with Gasteiger partial charge in [0.15, 0.2) is 0 Å². The number of aryl methyl sites for hydroxylation is 1. The van der Waals surface area contributed by atoms with Crippen LogP contribution in [0.2, 0.25) is 0 Å². The summed E-state index contributed by atoms with van der Waals surface area (Å²) in [6, 6.07) is 16.9. The summed E-state index contributed by atoms with van der Waals surface area (Å²) in [6.45, 7) is 3.91. The second-order valence-corrected chi connectivity index (χ2v) is 9.31. The minimum atomic E-state index is -0.217. The first-order valence-electron chi connectivity index (χ1n) is 12.8. The predicted molar refractivity (Wildman–Crippen MR) is 155 cm³/mol. The number of rotatable bonds is 8. The van der Waals surface area contributed by atoms with Crippen LogP contribution in [0.4, 0.5) is 11.5 Å². The third kappa shape index (κ3) is 6.32. The van der Waals surface area contributed by atoms with Crippen LogP contribution in [0.15, 0.2) is 85.7 Å². The van der Waals surface area contributed by atoms with Crippen LogP contribution in [0.1, 0.15) is 40.3 Å². The summed E-state index contributed by atoms with van der Waals surface area (Å²) in [6.07, 6.45) is 9.79. The van der Waals surface area contributed by atoms with Crippen molar-refractivity contribution in [2.24, 2.45) is 0 Å². The number of carbonyl (C=O) groups excluding carboxylic acids is 1. The number of ether oxygens (including phenoxy) is 1. The maximum Gasteiger partial charge on any atom is 0.257 e. The largest absolute Gasteiger partial charge is 0.496 e. The quantitative estimate of drug-likeness (QED) is 0.256. The molecule has 1 atom stereocenters. The normalized spacial score (nSPS) is 11.3. The van der Waals surface area contributed by atoms with Gasteiger partial charge in [-0.2, -0.15) is 5.26 Å². The van der Waals surface area contributed by atoms with Gasteiger partial charge in [0, 0.05) is 47.2 Å². The number of amides is 1. The zero-order valence-electron chi connectivity index (χ0n) is 22.7. The smallest absolute Gasteiger partial charge is 0.257 e. The molecule has 2 N–H and O–H groups in total. The van der Waals surface area contributed by atoms with Gasteiger partial charge < -0.3 is 15.4 Å². The van der Waals surface area contributed by atoms with Gasteiger partial charge in [0.2, 0.25) is 5.82 Å². The van der Waals surface area contributed by atoms with Gasteiger partial charge in [-0.1, -0.05) is 18.2 Å². The third-order valence-corrected chi connectivity index (χ3v) is 6.34. The van der Waals surface area contributed by atoms with Gasteiger partial charge in [-0.15, -0.1) is 0 Å². The van der Waals surface area contributed by atoms with Gasteiger partial charge in [0.1, 0.15) is 17.6 Å². The molecule has 0 spiro atoms. The SMILES string of the molecule is COc1cc(-c2cncc(NC(C)c3cccc(NC(=O)c4cncc(C)c4)c3)n2)ccc1-c1cnc(C#N)nc1. The Morgan fingerprint density at radius 1 is 0.951 bits per heavy atom. The van der Waals surface area contributed by atoms with E-state index in [1.807, 2.05) is 62.4 Å². The number of nitrogens with one attached hydrogen (secondary N) is 2. The van der Waals surface area contributed by atoms with Crippen LogP contribution in [0.3, 0.4) is 0 Å². The lowest BCUT2D eigenvalue weighted by Gasteiger charge is -2.17. The van der Waals surface area contributed by atoms with Crippen LogP contribution in [0.5, 0.6) is 5.75 Å². The molecule has 0 aliphatic carbocycles. The van der Waals surface area contributed by atoms with E-state index in [1.165, 1.54) is 0 Å². The molecule has 202 valence electrons. The highest BCUT2D eigenvalue weighted by molar-refractivity contribution is 6.04. The number of aromatic nitrogens is 5. The van der Waals surface area contributed by atoms with Crippen LogP contribution in [0, 0.1) is 18.3 Å². The van der Waals surface area contributed by atoms with Crippen molar-refractivity contribution in [2.75, 3.05) is 17.7 Å².